The van der Waals surface area contributed by atoms with Gasteiger partial charge in [0.1, 0.15) is 0 Å². The summed E-state index contributed by atoms with van der Waals surface area (Å²) in [6.07, 6.45) is 3.35. The Kier molecular flexibility index (Phi) is 6.18. The van der Waals surface area contributed by atoms with Gasteiger partial charge >= 0.3 is 0 Å². The fourth-order valence-corrected chi connectivity index (χ4v) is 4.30. The number of rotatable bonds is 8. The molecule has 3 aromatic rings. The molecule has 0 atom stereocenters. The number of aromatic nitrogens is 3. The van der Waals surface area contributed by atoms with E-state index in [1.54, 1.807) is 30.4 Å². The molecule has 0 N–H and O–H groups in total. The number of carbonyl (C=O) groups excluding carboxylic acids is 1. The molecule has 0 aliphatic heterocycles. The van der Waals surface area contributed by atoms with Gasteiger partial charge in [-0.25, -0.2) is 0 Å². The number of halogens is 1. The van der Waals surface area contributed by atoms with Crippen LogP contribution in [0, 0.1) is 0 Å². The summed E-state index contributed by atoms with van der Waals surface area (Å²) in [5.74, 6) is 1.52. The zero-order valence-corrected chi connectivity index (χ0v) is 16.5. The van der Waals surface area contributed by atoms with Crippen LogP contribution in [0.3, 0.4) is 0 Å². The van der Waals surface area contributed by atoms with Crippen LogP contribution in [0.1, 0.15) is 4.88 Å². The third-order valence-corrected chi connectivity index (χ3v) is 5.71. The third-order valence-electron chi connectivity index (χ3n) is 3.54. The number of hydrogen-bond acceptors (Lipinski definition) is 6. The molecular formula is C17H17ClN4O2S2. The van der Waals surface area contributed by atoms with Gasteiger partial charge < -0.3 is 9.32 Å². The first kappa shape index (κ1) is 18.8. The lowest BCUT2D eigenvalue weighted by Gasteiger charge is -2.15. The lowest BCUT2D eigenvalue weighted by atomic mass is 10.4. The molecule has 3 aromatic heterocycles. The van der Waals surface area contributed by atoms with Gasteiger partial charge in [-0.05, 0) is 24.3 Å². The molecule has 1 amide bonds. The molecule has 0 bridgehead atoms. The van der Waals surface area contributed by atoms with Crippen LogP contribution in [0.15, 0.2) is 52.8 Å². The second-order valence-corrected chi connectivity index (χ2v) is 8.17. The average Bonchev–Trinajstić information content (AvgIpc) is 3.34. The summed E-state index contributed by atoms with van der Waals surface area (Å²) in [5.41, 5.74) is 0. The predicted octanol–water partition coefficient (Wildman–Crippen LogP) is 4.19. The predicted molar refractivity (Wildman–Crippen MR) is 104 cm³/mol. The minimum absolute atomic E-state index is 0.00669. The monoisotopic (exact) mass is 408 g/mol. The highest BCUT2D eigenvalue weighted by atomic mass is 35.5. The highest BCUT2D eigenvalue weighted by Gasteiger charge is 2.18. The molecule has 0 spiro atoms. The number of amides is 1. The normalized spacial score (nSPS) is 10.8. The number of carbonyl (C=O) groups is 1. The van der Waals surface area contributed by atoms with E-state index < -0.39 is 0 Å². The van der Waals surface area contributed by atoms with Crippen molar-refractivity contribution in [2.75, 3.05) is 12.8 Å². The van der Waals surface area contributed by atoms with E-state index in [2.05, 4.69) is 16.8 Å². The summed E-state index contributed by atoms with van der Waals surface area (Å²) in [6, 6.07) is 7.39. The van der Waals surface area contributed by atoms with Crippen LogP contribution in [-0.2, 0) is 17.9 Å². The van der Waals surface area contributed by atoms with E-state index in [1.165, 1.54) is 23.1 Å². The average molecular weight is 409 g/mol. The van der Waals surface area contributed by atoms with Gasteiger partial charge in [-0.1, -0.05) is 29.4 Å². The summed E-state index contributed by atoms with van der Waals surface area (Å²) in [4.78, 5) is 15.1. The molecule has 0 unspecified atom stereocenters. The van der Waals surface area contributed by atoms with E-state index in [1.807, 2.05) is 22.8 Å². The molecule has 0 aromatic carbocycles. The maximum atomic E-state index is 12.4. The van der Waals surface area contributed by atoms with Crippen LogP contribution in [0.2, 0.25) is 4.34 Å². The molecule has 3 rings (SSSR count). The molecule has 136 valence electrons. The summed E-state index contributed by atoms with van der Waals surface area (Å²) in [5, 5.41) is 9.02. The highest BCUT2D eigenvalue weighted by Crippen LogP contribution is 2.25. The third kappa shape index (κ3) is 4.38. The summed E-state index contributed by atoms with van der Waals surface area (Å²) < 4.78 is 8.00. The largest absolute Gasteiger partial charge is 0.461 e. The van der Waals surface area contributed by atoms with Gasteiger partial charge in [-0.2, -0.15) is 0 Å². The molecule has 26 heavy (non-hydrogen) atoms. The Morgan fingerprint density at radius 3 is 2.96 bits per heavy atom. The molecule has 0 aliphatic carbocycles. The zero-order valence-electron chi connectivity index (χ0n) is 14.1. The molecule has 0 saturated heterocycles. The molecule has 0 aliphatic rings. The van der Waals surface area contributed by atoms with Crippen LogP contribution in [0.4, 0.5) is 0 Å². The van der Waals surface area contributed by atoms with Crippen molar-refractivity contribution in [2.45, 2.75) is 18.2 Å². The maximum absolute atomic E-state index is 12.4. The number of hydrogen-bond donors (Lipinski definition) is 0. The number of allylic oxidation sites excluding steroid dienone is 1. The second-order valence-electron chi connectivity index (χ2n) is 5.43. The van der Waals surface area contributed by atoms with Gasteiger partial charge in [0.25, 0.3) is 0 Å². The van der Waals surface area contributed by atoms with Crippen molar-refractivity contribution in [3.05, 3.63) is 52.4 Å². The zero-order chi connectivity index (χ0) is 18.5. The highest BCUT2D eigenvalue weighted by molar-refractivity contribution is 7.99. The van der Waals surface area contributed by atoms with Crippen molar-refractivity contribution in [3.63, 3.8) is 0 Å². The number of thioether (sulfide) groups is 1. The maximum Gasteiger partial charge on any atom is 0.233 e. The molecule has 0 saturated carbocycles. The van der Waals surface area contributed by atoms with Crippen molar-refractivity contribution in [2.24, 2.45) is 0 Å². The first-order valence-electron chi connectivity index (χ1n) is 7.77. The van der Waals surface area contributed by atoms with Gasteiger partial charge in [0.05, 0.1) is 22.9 Å². The molecule has 3 heterocycles. The van der Waals surface area contributed by atoms with Crippen LogP contribution in [0.5, 0.6) is 0 Å². The van der Waals surface area contributed by atoms with E-state index >= 15 is 0 Å². The topological polar surface area (TPSA) is 64.2 Å². The fourth-order valence-electron chi connectivity index (χ4n) is 2.27. The number of furan rings is 1. The Hall–Kier alpha value is -2.03. The Bertz CT molecular complexity index is 889. The smallest absolute Gasteiger partial charge is 0.233 e. The summed E-state index contributed by atoms with van der Waals surface area (Å²) in [7, 11) is 1.78. The summed E-state index contributed by atoms with van der Waals surface area (Å²) in [6.45, 7) is 4.84. The lowest BCUT2D eigenvalue weighted by molar-refractivity contribution is -0.127. The number of thiophene rings is 1. The Morgan fingerprint density at radius 2 is 2.31 bits per heavy atom. The fraction of sp³-hybridized carbons (Fsp3) is 0.235. The van der Waals surface area contributed by atoms with Gasteiger partial charge in [-0.15, -0.1) is 28.1 Å². The Labute approximate surface area is 164 Å². The van der Waals surface area contributed by atoms with Crippen LogP contribution >= 0.6 is 34.7 Å². The quantitative estimate of drug-likeness (QED) is 0.413. The molecule has 0 radical (unpaired) electrons. The van der Waals surface area contributed by atoms with E-state index in [-0.39, 0.29) is 11.7 Å². The van der Waals surface area contributed by atoms with E-state index in [0.29, 0.717) is 29.8 Å². The first-order chi connectivity index (χ1) is 12.6. The van der Waals surface area contributed by atoms with Crippen molar-refractivity contribution in [1.82, 2.24) is 19.7 Å². The summed E-state index contributed by atoms with van der Waals surface area (Å²) >= 11 is 8.75. The molecular weight excluding hydrogens is 392 g/mol. The van der Waals surface area contributed by atoms with Crippen LogP contribution < -0.4 is 0 Å². The van der Waals surface area contributed by atoms with Gasteiger partial charge in [0.15, 0.2) is 10.9 Å². The van der Waals surface area contributed by atoms with E-state index in [9.17, 15) is 4.79 Å². The van der Waals surface area contributed by atoms with Gasteiger partial charge in [0, 0.05) is 18.5 Å². The van der Waals surface area contributed by atoms with Crippen LogP contribution in [0.25, 0.3) is 11.6 Å². The number of nitrogens with zero attached hydrogens (tertiary/aromatic N) is 4. The lowest BCUT2D eigenvalue weighted by Crippen LogP contribution is -2.27. The van der Waals surface area contributed by atoms with E-state index in [4.69, 9.17) is 16.0 Å². The van der Waals surface area contributed by atoms with E-state index in [0.717, 1.165) is 9.21 Å². The van der Waals surface area contributed by atoms with Gasteiger partial charge in [0.2, 0.25) is 11.7 Å². The molecule has 0 fully saturated rings. The molecule has 6 nitrogen and oxygen atoms in total. The Morgan fingerprint density at radius 1 is 1.46 bits per heavy atom. The second kappa shape index (κ2) is 8.57. The minimum Gasteiger partial charge on any atom is -0.461 e. The minimum atomic E-state index is 0.00669. The SMILES string of the molecule is C=CCn1c(SCC(=O)N(C)Cc2ccc(Cl)s2)nnc1-c1ccco1. The van der Waals surface area contributed by atoms with Crippen LogP contribution in [-0.4, -0.2) is 38.4 Å². The standard InChI is InChI=1S/C17H17ClN4O2S2/c1-3-8-22-16(13-5-4-9-24-13)19-20-17(22)25-11-15(23)21(2)10-12-6-7-14(18)26-12/h3-7,9H,1,8,10-11H2,2H3. The van der Waals surface area contributed by atoms with Gasteiger partial charge in [-0.3, -0.25) is 9.36 Å². The first-order valence-corrected chi connectivity index (χ1v) is 9.95. The van der Waals surface area contributed by atoms with Crippen molar-refractivity contribution in [1.29, 1.82) is 0 Å². The van der Waals surface area contributed by atoms with Crippen molar-refractivity contribution >= 4 is 40.6 Å². The molecule has 9 heteroatoms. The van der Waals surface area contributed by atoms with Crippen molar-refractivity contribution in [3.8, 4) is 11.6 Å². The Balaban J connectivity index is 1.65. The van der Waals surface area contributed by atoms with Crippen molar-refractivity contribution < 1.29 is 9.21 Å².